The second-order valence-electron chi connectivity index (χ2n) is 11.0. The lowest BCUT2D eigenvalue weighted by molar-refractivity contribution is 0.0516. The van der Waals surface area contributed by atoms with E-state index in [1.807, 2.05) is 18.2 Å². The van der Waals surface area contributed by atoms with Gasteiger partial charge in [-0.05, 0) is 72.7 Å². The highest BCUT2D eigenvalue weighted by Crippen LogP contribution is 2.48. The molecule has 12 heteroatoms. The monoisotopic (exact) mass is 652 g/mol. The van der Waals surface area contributed by atoms with Crippen molar-refractivity contribution >= 4 is 38.6 Å². The number of furan rings is 1. The SMILES string of the molecule is CNC(=O)c1c(-c2ccc(F)cc2)oc2cc(N(CCOCCOCCc3ccccc3C(=O)OC)S(C)(=O)=O)c(C3CC3)cc12. The predicted molar refractivity (Wildman–Crippen MR) is 172 cm³/mol. The molecule has 0 aliphatic heterocycles. The first-order valence-electron chi connectivity index (χ1n) is 15.0. The maximum atomic E-state index is 13.6. The molecule has 5 rings (SSSR count). The van der Waals surface area contributed by atoms with Gasteiger partial charge >= 0.3 is 5.97 Å². The number of anilines is 1. The summed E-state index contributed by atoms with van der Waals surface area (Å²) in [5.41, 5.74) is 3.78. The highest BCUT2D eigenvalue weighted by Gasteiger charge is 2.33. The molecule has 46 heavy (non-hydrogen) atoms. The van der Waals surface area contributed by atoms with Crippen LogP contribution in [0, 0.1) is 5.82 Å². The van der Waals surface area contributed by atoms with Crippen molar-refractivity contribution in [3.05, 3.63) is 88.7 Å². The third-order valence-electron chi connectivity index (χ3n) is 7.83. The molecule has 0 saturated heterocycles. The van der Waals surface area contributed by atoms with Crippen LogP contribution < -0.4 is 9.62 Å². The van der Waals surface area contributed by atoms with Crippen molar-refractivity contribution in [1.29, 1.82) is 0 Å². The number of ether oxygens (including phenoxy) is 3. The average Bonchev–Trinajstić information content (AvgIpc) is 3.83. The molecule has 1 heterocycles. The minimum atomic E-state index is -3.72. The van der Waals surface area contributed by atoms with E-state index in [9.17, 15) is 22.4 Å². The molecule has 1 aliphatic rings. The van der Waals surface area contributed by atoms with Crippen molar-refractivity contribution in [2.75, 3.05) is 57.7 Å². The van der Waals surface area contributed by atoms with E-state index in [4.69, 9.17) is 18.6 Å². The molecule has 0 spiro atoms. The smallest absolute Gasteiger partial charge is 0.338 e. The van der Waals surface area contributed by atoms with E-state index in [2.05, 4.69) is 5.32 Å². The van der Waals surface area contributed by atoms with E-state index >= 15 is 0 Å². The first-order valence-corrected chi connectivity index (χ1v) is 16.8. The van der Waals surface area contributed by atoms with Gasteiger partial charge in [0, 0.05) is 24.1 Å². The fourth-order valence-corrected chi connectivity index (χ4v) is 6.33. The molecule has 1 N–H and O–H groups in total. The van der Waals surface area contributed by atoms with Gasteiger partial charge in [-0.25, -0.2) is 17.6 Å². The summed E-state index contributed by atoms with van der Waals surface area (Å²) in [6.45, 7) is 1.09. The zero-order chi connectivity index (χ0) is 32.8. The Morgan fingerprint density at radius 2 is 1.70 bits per heavy atom. The Bertz CT molecular complexity index is 1820. The Morgan fingerprint density at radius 1 is 1.00 bits per heavy atom. The zero-order valence-electron chi connectivity index (χ0n) is 26.0. The number of benzene rings is 3. The second kappa shape index (κ2) is 14.4. The van der Waals surface area contributed by atoms with Gasteiger partial charge in [0.15, 0.2) is 0 Å². The van der Waals surface area contributed by atoms with Crippen LogP contribution in [0.3, 0.4) is 0 Å². The summed E-state index contributed by atoms with van der Waals surface area (Å²) in [5, 5.41) is 3.21. The molecule has 1 fully saturated rings. The molecule has 1 aromatic heterocycles. The van der Waals surface area contributed by atoms with Crippen LogP contribution in [0.15, 0.2) is 65.1 Å². The molecule has 0 bridgehead atoms. The highest BCUT2D eigenvalue weighted by atomic mass is 32.2. The fourth-order valence-electron chi connectivity index (χ4n) is 5.41. The summed E-state index contributed by atoms with van der Waals surface area (Å²) in [6.07, 6.45) is 3.46. The Balaban J connectivity index is 1.29. The van der Waals surface area contributed by atoms with Crippen molar-refractivity contribution in [3.63, 3.8) is 0 Å². The second-order valence-corrected chi connectivity index (χ2v) is 12.9. The van der Waals surface area contributed by atoms with Crippen LogP contribution in [0.5, 0.6) is 0 Å². The van der Waals surface area contributed by atoms with Crippen molar-refractivity contribution in [2.24, 2.45) is 0 Å². The lowest BCUT2D eigenvalue weighted by Crippen LogP contribution is -2.34. The maximum Gasteiger partial charge on any atom is 0.338 e. The molecule has 10 nitrogen and oxygen atoms in total. The van der Waals surface area contributed by atoms with Crippen LogP contribution in [-0.4, -0.2) is 73.7 Å². The number of rotatable bonds is 15. The molecule has 0 unspecified atom stereocenters. The van der Waals surface area contributed by atoms with Crippen molar-refractivity contribution in [3.8, 4) is 11.3 Å². The van der Waals surface area contributed by atoms with Crippen LogP contribution in [-0.2, 0) is 30.7 Å². The molecule has 1 amide bonds. The van der Waals surface area contributed by atoms with Gasteiger partial charge in [-0.15, -0.1) is 0 Å². The maximum absolute atomic E-state index is 13.6. The fraction of sp³-hybridized carbons (Fsp3) is 0.353. The van der Waals surface area contributed by atoms with Crippen LogP contribution >= 0.6 is 0 Å². The van der Waals surface area contributed by atoms with E-state index < -0.39 is 21.8 Å². The lowest BCUT2D eigenvalue weighted by Gasteiger charge is -2.25. The molecule has 1 saturated carbocycles. The molecule has 4 aromatic rings. The van der Waals surface area contributed by atoms with E-state index in [1.54, 1.807) is 18.2 Å². The molecule has 0 radical (unpaired) electrons. The number of methoxy groups -OCH3 is 1. The van der Waals surface area contributed by atoms with E-state index in [1.165, 1.54) is 42.7 Å². The first kappa shape index (κ1) is 33.1. The number of fused-ring (bicyclic) bond motifs is 1. The van der Waals surface area contributed by atoms with Gasteiger partial charge in [0.1, 0.15) is 17.2 Å². The van der Waals surface area contributed by atoms with Gasteiger partial charge in [-0.3, -0.25) is 9.10 Å². The number of carbonyl (C=O) groups excluding carboxylic acids is 2. The molecule has 244 valence electrons. The minimum absolute atomic E-state index is 0.0599. The first-order chi connectivity index (χ1) is 22.1. The number of carbonyl (C=O) groups is 2. The summed E-state index contributed by atoms with van der Waals surface area (Å²) < 4.78 is 63.5. The van der Waals surface area contributed by atoms with Crippen LogP contribution in [0.1, 0.15) is 50.6 Å². The van der Waals surface area contributed by atoms with Gasteiger partial charge in [-0.1, -0.05) is 18.2 Å². The summed E-state index contributed by atoms with van der Waals surface area (Å²) in [4.78, 5) is 25.0. The van der Waals surface area contributed by atoms with E-state index in [0.29, 0.717) is 53.0 Å². The van der Waals surface area contributed by atoms with E-state index in [-0.39, 0.29) is 37.3 Å². The van der Waals surface area contributed by atoms with Crippen molar-refractivity contribution < 1.29 is 41.0 Å². The van der Waals surface area contributed by atoms with Crippen LogP contribution in [0.25, 0.3) is 22.3 Å². The normalized spacial score (nSPS) is 13.1. The Hall–Kier alpha value is -4.26. The largest absolute Gasteiger partial charge is 0.465 e. The standard InChI is InChI=1S/C34H37FN2O8S/c1-36-33(38)31-28-20-27(23-8-9-23)29(21-30(28)45-32(31)24-10-12-25(35)13-11-24)37(46(3,40)41)15-17-44-19-18-43-16-14-22-6-4-5-7-26(22)34(39)42-2/h4-7,10-13,20-21,23H,8-9,14-19H2,1-3H3,(H,36,38). The molecule has 1 aliphatic carbocycles. The number of halogens is 1. The van der Waals surface area contributed by atoms with Gasteiger partial charge < -0.3 is 23.9 Å². The van der Waals surface area contributed by atoms with Crippen LogP contribution in [0.4, 0.5) is 10.1 Å². The number of nitrogens with one attached hydrogen (secondary N) is 1. The quantitative estimate of drug-likeness (QED) is 0.136. The molecule has 0 atom stereocenters. The lowest BCUT2D eigenvalue weighted by atomic mass is 10.0. The Kier molecular flexibility index (Phi) is 10.4. The summed E-state index contributed by atoms with van der Waals surface area (Å²) in [7, 11) is -0.857. The number of hydrogen-bond acceptors (Lipinski definition) is 8. The van der Waals surface area contributed by atoms with Gasteiger partial charge in [0.25, 0.3) is 5.91 Å². The topological polar surface area (TPSA) is 124 Å². The average molecular weight is 653 g/mol. The minimum Gasteiger partial charge on any atom is -0.465 e. The Labute approximate surface area is 267 Å². The van der Waals surface area contributed by atoms with E-state index in [0.717, 1.165) is 30.2 Å². The Morgan fingerprint density at radius 3 is 2.35 bits per heavy atom. The summed E-state index contributed by atoms with van der Waals surface area (Å²) >= 11 is 0. The number of sulfonamides is 1. The van der Waals surface area contributed by atoms with Crippen molar-refractivity contribution in [2.45, 2.75) is 25.2 Å². The van der Waals surface area contributed by atoms with Gasteiger partial charge in [0.05, 0.1) is 63.2 Å². The zero-order valence-corrected chi connectivity index (χ0v) is 26.8. The number of esters is 1. The van der Waals surface area contributed by atoms with Crippen LogP contribution in [0.2, 0.25) is 0 Å². The number of amides is 1. The predicted octanol–water partition coefficient (Wildman–Crippen LogP) is 5.30. The third kappa shape index (κ3) is 7.57. The molecule has 3 aromatic carbocycles. The van der Waals surface area contributed by atoms with Crippen molar-refractivity contribution in [1.82, 2.24) is 5.32 Å². The highest BCUT2D eigenvalue weighted by molar-refractivity contribution is 7.92. The summed E-state index contributed by atoms with van der Waals surface area (Å²) in [6, 6.07) is 16.3. The number of nitrogens with zero attached hydrogens (tertiary/aromatic N) is 1. The molecular weight excluding hydrogens is 615 g/mol. The number of hydrogen-bond donors (Lipinski definition) is 1. The van der Waals surface area contributed by atoms with Gasteiger partial charge in [0.2, 0.25) is 10.0 Å². The third-order valence-corrected chi connectivity index (χ3v) is 9.01. The van der Waals surface area contributed by atoms with Gasteiger partial charge in [-0.2, -0.15) is 0 Å². The summed E-state index contributed by atoms with van der Waals surface area (Å²) in [5.74, 6) is -0.764. The molecular formula is C34H37FN2O8S.